The minimum atomic E-state index is -4.02. The number of nitrogens with one attached hydrogen (secondary N) is 1. The summed E-state index contributed by atoms with van der Waals surface area (Å²) in [6.07, 6.45) is -0.889. The van der Waals surface area contributed by atoms with Crippen molar-refractivity contribution in [1.29, 1.82) is 0 Å². The first-order valence-corrected chi connectivity index (χ1v) is 7.29. The number of carboxylic acids is 1. The third-order valence-electron chi connectivity index (χ3n) is 2.11. The largest absolute Gasteiger partial charge is 0.478 e. The van der Waals surface area contributed by atoms with Crippen LogP contribution in [0.5, 0.6) is 0 Å². The lowest BCUT2D eigenvalue weighted by atomic mass is 10.2. The van der Waals surface area contributed by atoms with Gasteiger partial charge in [0.1, 0.15) is 4.90 Å². The Balaban J connectivity index is 3.27. The summed E-state index contributed by atoms with van der Waals surface area (Å²) in [5, 5.41) is 17.6. The van der Waals surface area contributed by atoms with Crippen molar-refractivity contribution in [3.63, 3.8) is 0 Å². The van der Waals surface area contributed by atoms with Crippen LogP contribution in [0.3, 0.4) is 0 Å². The molecule has 19 heavy (non-hydrogen) atoms. The van der Waals surface area contributed by atoms with E-state index in [1.54, 1.807) is 0 Å². The van der Waals surface area contributed by atoms with Crippen LogP contribution in [0.4, 0.5) is 0 Å². The molecule has 0 amide bonds. The Morgan fingerprint density at radius 3 is 2.42 bits per heavy atom. The predicted molar refractivity (Wildman–Crippen MR) is 70.3 cm³/mol. The molecule has 1 rings (SSSR count). The second-order valence-corrected chi connectivity index (χ2v) is 6.32. The van der Waals surface area contributed by atoms with Gasteiger partial charge in [-0.25, -0.2) is 17.9 Å². The Morgan fingerprint density at radius 1 is 1.37 bits per heavy atom. The van der Waals surface area contributed by atoms with Gasteiger partial charge in [-0.2, -0.15) is 0 Å². The van der Waals surface area contributed by atoms with Gasteiger partial charge in [0, 0.05) is 6.54 Å². The molecule has 0 saturated carbocycles. The van der Waals surface area contributed by atoms with Crippen LogP contribution < -0.4 is 4.72 Å². The molecule has 1 unspecified atom stereocenters. The number of aliphatic hydroxyl groups is 1. The summed E-state index contributed by atoms with van der Waals surface area (Å²) in [6, 6.07) is 1.92. The van der Waals surface area contributed by atoms with Crippen molar-refractivity contribution in [2.24, 2.45) is 0 Å². The van der Waals surface area contributed by atoms with E-state index in [0.29, 0.717) is 0 Å². The van der Waals surface area contributed by atoms with Gasteiger partial charge in [-0.1, -0.05) is 23.2 Å². The molecule has 0 spiro atoms. The number of hydrogen-bond donors (Lipinski definition) is 3. The zero-order valence-electron chi connectivity index (χ0n) is 9.72. The summed E-state index contributed by atoms with van der Waals surface area (Å²) < 4.78 is 25.9. The van der Waals surface area contributed by atoms with Crippen molar-refractivity contribution in [3.05, 3.63) is 27.7 Å². The fourth-order valence-corrected chi connectivity index (χ4v) is 3.18. The molecule has 9 heteroatoms. The van der Waals surface area contributed by atoms with E-state index in [1.807, 2.05) is 0 Å². The van der Waals surface area contributed by atoms with Gasteiger partial charge in [-0.05, 0) is 19.1 Å². The first kappa shape index (κ1) is 16.2. The van der Waals surface area contributed by atoms with Gasteiger partial charge in [0.2, 0.25) is 10.0 Å². The molecular formula is C10H11Cl2NO5S. The summed E-state index contributed by atoms with van der Waals surface area (Å²) in [7, 11) is -4.02. The minimum absolute atomic E-state index is 0.160. The van der Waals surface area contributed by atoms with E-state index in [4.69, 9.17) is 33.4 Å². The fourth-order valence-electron chi connectivity index (χ4n) is 1.21. The first-order chi connectivity index (χ1) is 8.65. The van der Waals surface area contributed by atoms with Gasteiger partial charge in [0.15, 0.2) is 0 Å². The molecule has 0 aliphatic rings. The molecule has 0 aromatic heterocycles. The van der Waals surface area contributed by atoms with Crippen LogP contribution in [0.25, 0.3) is 0 Å². The highest BCUT2D eigenvalue weighted by Gasteiger charge is 2.22. The number of benzene rings is 1. The average Bonchev–Trinajstić information content (AvgIpc) is 2.25. The molecule has 1 aromatic carbocycles. The lowest BCUT2D eigenvalue weighted by Crippen LogP contribution is -2.31. The third kappa shape index (κ3) is 4.05. The molecular weight excluding hydrogens is 317 g/mol. The zero-order valence-corrected chi connectivity index (χ0v) is 12.1. The van der Waals surface area contributed by atoms with E-state index in [0.717, 1.165) is 12.1 Å². The fraction of sp³-hybridized carbons (Fsp3) is 0.300. The molecule has 3 N–H and O–H groups in total. The number of hydrogen-bond acceptors (Lipinski definition) is 4. The maximum atomic E-state index is 11.9. The van der Waals surface area contributed by atoms with Crippen LogP contribution in [-0.2, 0) is 10.0 Å². The molecule has 0 radical (unpaired) electrons. The van der Waals surface area contributed by atoms with Crippen LogP contribution in [0.15, 0.2) is 17.0 Å². The lowest BCUT2D eigenvalue weighted by Gasteiger charge is -2.11. The number of halogens is 2. The Labute approximate surface area is 120 Å². The van der Waals surface area contributed by atoms with Crippen molar-refractivity contribution in [2.75, 3.05) is 6.54 Å². The molecule has 106 valence electrons. The Bertz CT molecular complexity index is 600. The van der Waals surface area contributed by atoms with Crippen LogP contribution in [0.2, 0.25) is 10.0 Å². The Hall–Kier alpha value is -0.860. The molecule has 0 aliphatic heterocycles. The minimum Gasteiger partial charge on any atom is -0.478 e. The molecule has 6 nitrogen and oxygen atoms in total. The highest BCUT2D eigenvalue weighted by Crippen LogP contribution is 2.28. The van der Waals surface area contributed by atoms with E-state index >= 15 is 0 Å². The zero-order chi connectivity index (χ0) is 14.8. The van der Waals surface area contributed by atoms with Crippen LogP contribution in [0.1, 0.15) is 17.3 Å². The highest BCUT2D eigenvalue weighted by atomic mass is 35.5. The van der Waals surface area contributed by atoms with Crippen molar-refractivity contribution < 1.29 is 23.4 Å². The second-order valence-electron chi connectivity index (χ2n) is 3.77. The molecule has 0 saturated heterocycles. The lowest BCUT2D eigenvalue weighted by molar-refractivity contribution is 0.0697. The van der Waals surface area contributed by atoms with E-state index in [1.165, 1.54) is 6.92 Å². The van der Waals surface area contributed by atoms with Gasteiger partial charge >= 0.3 is 5.97 Å². The summed E-state index contributed by atoms with van der Waals surface area (Å²) in [4.78, 5) is 10.5. The predicted octanol–water partition coefficient (Wildman–Crippen LogP) is 1.35. The Morgan fingerprint density at radius 2 is 1.95 bits per heavy atom. The quantitative estimate of drug-likeness (QED) is 0.757. The number of aliphatic hydroxyl groups excluding tert-OH is 1. The molecule has 1 atom stereocenters. The summed E-state index contributed by atoms with van der Waals surface area (Å²) >= 11 is 11.4. The SMILES string of the molecule is CC(O)CNS(=O)(=O)c1cc(C(=O)O)c(Cl)cc1Cl. The Kier molecular flexibility index (Phi) is 5.17. The highest BCUT2D eigenvalue weighted by molar-refractivity contribution is 7.89. The maximum Gasteiger partial charge on any atom is 0.337 e. The van der Waals surface area contributed by atoms with Crippen LogP contribution >= 0.6 is 23.2 Å². The first-order valence-electron chi connectivity index (χ1n) is 5.05. The molecule has 1 aromatic rings. The monoisotopic (exact) mass is 327 g/mol. The van der Waals surface area contributed by atoms with Crippen molar-refractivity contribution in [2.45, 2.75) is 17.9 Å². The standard InChI is InChI=1S/C10H11Cl2NO5S/c1-5(14)4-13-19(17,18)9-2-6(10(15)16)7(11)3-8(9)12/h2-3,5,13-14H,4H2,1H3,(H,15,16). The molecule has 0 fully saturated rings. The third-order valence-corrected chi connectivity index (χ3v) is 4.31. The number of carbonyl (C=O) groups is 1. The molecule has 0 aliphatic carbocycles. The van der Waals surface area contributed by atoms with Gasteiger partial charge in [0.25, 0.3) is 0 Å². The number of aromatic carboxylic acids is 1. The normalized spacial score (nSPS) is 13.3. The second kappa shape index (κ2) is 6.06. The van der Waals surface area contributed by atoms with Gasteiger partial charge in [0.05, 0.1) is 21.7 Å². The maximum absolute atomic E-state index is 11.9. The number of rotatable bonds is 5. The van der Waals surface area contributed by atoms with E-state index in [-0.39, 0.29) is 22.2 Å². The van der Waals surface area contributed by atoms with Gasteiger partial charge < -0.3 is 10.2 Å². The molecule has 0 heterocycles. The summed E-state index contributed by atoms with van der Waals surface area (Å²) in [5.74, 6) is -1.37. The number of carboxylic acid groups (broad SMARTS) is 1. The smallest absolute Gasteiger partial charge is 0.337 e. The molecule has 0 bridgehead atoms. The summed E-state index contributed by atoms with van der Waals surface area (Å²) in [5.41, 5.74) is -0.372. The van der Waals surface area contributed by atoms with E-state index in [9.17, 15) is 13.2 Å². The van der Waals surface area contributed by atoms with Gasteiger partial charge in [-0.15, -0.1) is 0 Å². The van der Waals surface area contributed by atoms with Crippen molar-refractivity contribution in [1.82, 2.24) is 4.72 Å². The van der Waals surface area contributed by atoms with Crippen LogP contribution in [0, 0.1) is 0 Å². The van der Waals surface area contributed by atoms with E-state index in [2.05, 4.69) is 4.72 Å². The van der Waals surface area contributed by atoms with E-state index < -0.39 is 27.0 Å². The summed E-state index contributed by atoms with van der Waals surface area (Å²) in [6.45, 7) is 1.18. The van der Waals surface area contributed by atoms with Gasteiger partial charge in [-0.3, -0.25) is 0 Å². The average molecular weight is 328 g/mol. The van der Waals surface area contributed by atoms with Crippen molar-refractivity contribution >= 4 is 39.2 Å². The van der Waals surface area contributed by atoms with Crippen molar-refractivity contribution in [3.8, 4) is 0 Å². The topological polar surface area (TPSA) is 104 Å². The number of sulfonamides is 1. The van der Waals surface area contributed by atoms with Crippen LogP contribution in [-0.4, -0.2) is 37.2 Å².